The lowest BCUT2D eigenvalue weighted by Gasteiger charge is -2.25. The Balaban J connectivity index is 2.02. The highest BCUT2D eigenvalue weighted by atomic mass is 35.5. The summed E-state index contributed by atoms with van der Waals surface area (Å²) >= 11 is 12.1. The van der Waals surface area contributed by atoms with Gasteiger partial charge in [0.05, 0.1) is 11.1 Å². The van der Waals surface area contributed by atoms with Crippen LogP contribution in [0.3, 0.4) is 0 Å². The molecule has 0 amide bonds. The van der Waals surface area contributed by atoms with Crippen LogP contribution in [0.2, 0.25) is 10.0 Å². The van der Waals surface area contributed by atoms with Crippen LogP contribution in [0.4, 0.5) is 35.1 Å². The number of alkyl halides is 8. The monoisotopic (exact) mass is 573 g/mol. The van der Waals surface area contributed by atoms with E-state index in [-0.39, 0.29) is 32.7 Å². The summed E-state index contributed by atoms with van der Waals surface area (Å²) in [5.74, 6) is -4.97. The smallest absolute Gasteiger partial charge is 0.456 e. The molecule has 0 saturated heterocycles. The molecule has 3 aromatic carbocycles. The van der Waals surface area contributed by atoms with Crippen LogP contribution >= 0.6 is 23.2 Å². The highest BCUT2D eigenvalue weighted by molar-refractivity contribution is 6.42. The van der Waals surface area contributed by atoms with Crippen LogP contribution in [0.5, 0.6) is 11.5 Å². The molecule has 0 aliphatic rings. The Morgan fingerprint density at radius 2 is 1.41 bits per heavy atom. The molecule has 0 aliphatic carbocycles. The maximum atomic E-state index is 14.0. The molecular weight excluding hydrogens is 557 g/mol. The molecule has 0 aliphatic heterocycles. The fourth-order valence-corrected chi connectivity index (χ4v) is 3.63. The van der Waals surface area contributed by atoms with Crippen LogP contribution in [0.1, 0.15) is 22.7 Å². The molecule has 0 aromatic heterocycles. The normalized spacial score (nSPS) is 14.4. The van der Waals surface area contributed by atoms with Crippen molar-refractivity contribution in [3.8, 4) is 11.5 Å². The number of aliphatic hydroxyl groups excluding tert-OH is 1. The number of halogens is 10. The Hall–Kier alpha value is -2.60. The van der Waals surface area contributed by atoms with Crippen molar-refractivity contribution < 1.29 is 45.0 Å². The molecule has 3 nitrogen and oxygen atoms in total. The van der Waals surface area contributed by atoms with Crippen molar-refractivity contribution in [2.75, 3.05) is 6.54 Å². The zero-order valence-electron chi connectivity index (χ0n) is 18.3. The molecule has 0 fully saturated rings. The van der Waals surface area contributed by atoms with Gasteiger partial charge >= 0.3 is 18.3 Å². The van der Waals surface area contributed by atoms with Crippen molar-refractivity contribution in [2.45, 2.75) is 30.4 Å². The minimum absolute atomic E-state index is 0.0691. The molecule has 0 saturated carbocycles. The van der Waals surface area contributed by atoms with Crippen molar-refractivity contribution in [3.05, 3.63) is 93.5 Å². The first-order valence-electron chi connectivity index (χ1n) is 10.4. The Labute approximate surface area is 215 Å². The van der Waals surface area contributed by atoms with Crippen molar-refractivity contribution in [3.63, 3.8) is 0 Å². The van der Waals surface area contributed by atoms with Gasteiger partial charge in [-0.1, -0.05) is 59.6 Å². The van der Waals surface area contributed by atoms with Gasteiger partial charge in [-0.05, 0) is 41.5 Å². The van der Waals surface area contributed by atoms with E-state index in [1.54, 1.807) is 6.07 Å². The number of hydrogen-bond donors (Lipinski definition) is 2. The summed E-state index contributed by atoms with van der Waals surface area (Å²) in [6, 6.07) is 11.9. The van der Waals surface area contributed by atoms with E-state index >= 15 is 0 Å². The fourth-order valence-electron chi connectivity index (χ4n) is 3.30. The molecule has 2 N–H and O–H groups in total. The van der Waals surface area contributed by atoms with Gasteiger partial charge in [0.25, 0.3) is 0 Å². The van der Waals surface area contributed by atoms with Gasteiger partial charge in [-0.15, -0.1) is 0 Å². The molecule has 0 bridgehead atoms. The summed E-state index contributed by atoms with van der Waals surface area (Å²) in [6.45, 7) is -1.08. The standard InChI is InChI=1S/C24H17Cl2F8NO2/c25-17-8-3-9-18(20(17)26)37-16-7-2-5-14(11-16)21(35-12-19(36)23(29,30)31)13-4-1-6-15(10-13)22(27,28)24(32,33)34/h1-11,19,21,35-36H,12H2/t19-,21-/m1/s1. The van der Waals surface area contributed by atoms with Crippen LogP contribution in [0, 0.1) is 0 Å². The number of rotatable bonds is 8. The molecule has 13 heteroatoms. The van der Waals surface area contributed by atoms with E-state index in [1.807, 2.05) is 0 Å². The molecule has 200 valence electrons. The Morgan fingerprint density at radius 1 is 0.811 bits per heavy atom. The summed E-state index contributed by atoms with van der Waals surface area (Å²) in [7, 11) is 0. The second-order valence-electron chi connectivity index (χ2n) is 7.82. The van der Waals surface area contributed by atoms with E-state index in [1.165, 1.54) is 36.4 Å². The summed E-state index contributed by atoms with van der Waals surface area (Å²) < 4.78 is 111. The minimum atomic E-state index is -5.90. The molecule has 37 heavy (non-hydrogen) atoms. The van der Waals surface area contributed by atoms with Crippen molar-refractivity contribution in [1.29, 1.82) is 0 Å². The lowest BCUT2D eigenvalue weighted by molar-refractivity contribution is -0.289. The van der Waals surface area contributed by atoms with Gasteiger partial charge in [-0.25, -0.2) is 0 Å². The summed E-state index contributed by atoms with van der Waals surface area (Å²) in [6.07, 6.45) is -13.7. The van der Waals surface area contributed by atoms with Crippen LogP contribution in [0.25, 0.3) is 0 Å². The largest absolute Gasteiger partial charge is 0.458 e. The molecule has 0 heterocycles. The Bertz CT molecular complexity index is 1230. The average Bonchev–Trinajstić information content (AvgIpc) is 2.81. The Kier molecular flexibility index (Phi) is 8.63. The maximum Gasteiger partial charge on any atom is 0.458 e. The molecule has 2 atom stereocenters. The summed E-state index contributed by atoms with van der Waals surface area (Å²) in [4.78, 5) is 0. The third-order valence-corrected chi connectivity index (χ3v) is 5.97. The second-order valence-corrected chi connectivity index (χ2v) is 8.61. The highest BCUT2D eigenvalue weighted by Crippen LogP contribution is 2.44. The molecule has 3 rings (SSSR count). The van der Waals surface area contributed by atoms with Gasteiger partial charge < -0.3 is 15.2 Å². The highest BCUT2D eigenvalue weighted by Gasteiger charge is 2.58. The van der Waals surface area contributed by atoms with Crippen LogP contribution in [-0.2, 0) is 5.92 Å². The SMILES string of the molecule is O[C@H](CN[C@@H](c1cccc(Oc2cccc(Cl)c2Cl)c1)c1cccc(C(F)(F)C(F)(F)F)c1)C(F)(F)F. The fraction of sp³-hybridized carbons (Fsp3) is 0.250. The van der Waals surface area contributed by atoms with E-state index in [0.717, 1.165) is 12.1 Å². The number of benzene rings is 3. The van der Waals surface area contributed by atoms with Gasteiger partial charge in [0.2, 0.25) is 0 Å². The van der Waals surface area contributed by atoms with E-state index in [0.29, 0.717) is 12.1 Å². The lowest BCUT2D eigenvalue weighted by Crippen LogP contribution is -2.40. The van der Waals surface area contributed by atoms with Gasteiger partial charge in [0.1, 0.15) is 16.5 Å². The van der Waals surface area contributed by atoms with Crippen molar-refractivity contribution >= 4 is 23.2 Å². The summed E-state index contributed by atoms with van der Waals surface area (Å²) in [5, 5.41) is 12.1. The zero-order chi connectivity index (χ0) is 27.6. The van der Waals surface area contributed by atoms with Gasteiger partial charge in [0.15, 0.2) is 6.10 Å². The predicted octanol–water partition coefficient (Wildman–Crippen LogP) is 8.04. The number of aliphatic hydroxyl groups is 1. The number of hydrogen-bond acceptors (Lipinski definition) is 3. The second kappa shape index (κ2) is 11.0. The van der Waals surface area contributed by atoms with E-state index in [2.05, 4.69) is 5.32 Å². The quantitative estimate of drug-likeness (QED) is 0.268. The topological polar surface area (TPSA) is 41.5 Å². The van der Waals surface area contributed by atoms with Gasteiger partial charge in [-0.3, -0.25) is 0 Å². The average molecular weight is 574 g/mol. The van der Waals surface area contributed by atoms with Crippen molar-refractivity contribution in [1.82, 2.24) is 5.32 Å². The minimum Gasteiger partial charge on any atom is -0.456 e. The third kappa shape index (κ3) is 6.84. The molecule has 0 radical (unpaired) electrons. The Morgan fingerprint density at radius 3 is 2.03 bits per heavy atom. The van der Waals surface area contributed by atoms with Crippen LogP contribution in [-0.4, -0.2) is 30.1 Å². The van der Waals surface area contributed by atoms with Crippen LogP contribution in [0.15, 0.2) is 66.7 Å². The van der Waals surface area contributed by atoms with Crippen LogP contribution < -0.4 is 10.1 Å². The first kappa shape index (κ1) is 29.0. The first-order chi connectivity index (χ1) is 17.1. The molecule has 0 spiro atoms. The third-order valence-electron chi connectivity index (χ3n) is 5.17. The molecule has 3 aromatic rings. The number of ether oxygens (including phenoxy) is 1. The van der Waals surface area contributed by atoms with E-state index in [9.17, 15) is 40.2 Å². The predicted molar refractivity (Wildman–Crippen MR) is 121 cm³/mol. The molecular formula is C24H17Cl2F8NO2. The van der Waals surface area contributed by atoms with Gasteiger partial charge in [-0.2, -0.15) is 35.1 Å². The first-order valence-corrected chi connectivity index (χ1v) is 11.1. The van der Waals surface area contributed by atoms with E-state index < -0.39 is 42.5 Å². The zero-order valence-corrected chi connectivity index (χ0v) is 19.9. The number of nitrogens with one attached hydrogen (secondary N) is 1. The maximum absolute atomic E-state index is 14.0. The van der Waals surface area contributed by atoms with Gasteiger partial charge in [0, 0.05) is 12.1 Å². The lowest BCUT2D eigenvalue weighted by atomic mass is 9.95. The molecule has 0 unspecified atom stereocenters. The summed E-state index contributed by atoms with van der Waals surface area (Å²) in [5.41, 5.74) is -1.48. The van der Waals surface area contributed by atoms with Crippen molar-refractivity contribution in [2.24, 2.45) is 0 Å². The van der Waals surface area contributed by atoms with E-state index in [4.69, 9.17) is 27.9 Å².